The summed E-state index contributed by atoms with van der Waals surface area (Å²) in [5, 5.41) is 12.0. The number of aliphatic carboxylic acids is 1. The zero-order valence-corrected chi connectivity index (χ0v) is 9.79. The predicted molar refractivity (Wildman–Crippen MR) is 57.4 cm³/mol. The molecule has 84 valence electrons. The zero-order valence-electron chi connectivity index (χ0n) is 9.79. The molecule has 0 aliphatic heterocycles. The van der Waals surface area contributed by atoms with Crippen LogP contribution in [0.15, 0.2) is 0 Å². The number of carboxylic acid groups (broad SMARTS) is 1. The molecule has 0 radical (unpaired) electrons. The van der Waals surface area contributed by atoms with Gasteiger partial charge in [0.1, 0.15) is 6.04 Å². The van der Waals surface area contributed by atoms with Crippen molar-refractivity contribution in [3.8, 4) is 0 Å². The SMILES string of the molecule is CN(C)CCNC(C(=O)O)C(C)(C)C. The normalized spacial score (nSPS) is 14.4. The molecule has 2 N–H and O–H groups in total. The van der Waals surface area contributed by atoms with Gasteiger partial charge in [0.25, 0.3) is 0 Å². The lowest BCUT2D eigenvalue weighted by atomic mass is 9.87. The van der Waals surface area contributed by atoms with Crippen molar-refractivity contribution >= 4 is 5.97 Å². The maximum Gasteiger partial charge on any atom is 0.321 e. The quantitative estimate of drug-likeness (QED) is 0.687. The first-order chi connectivity index (χ1) is 6.25. The molecule has 0 rings (SSSR count). The lowest BCUT2D eigenvalue weighted by Gasteiger charge is -2.28. The molecule has 1 atom stereocenters. The van der Waals surface area contributed by atoms with Crippen LogP contribution < -0.4 is 5.32 Å². The maximum absolute atomic E-state index is 10.9. The van der Waals surface area contributed by atoms with Crippen molar-refractivity contribution < 1.29 is 9.90 Å². The summed E-state index contributed by atoms with van der Waals surface area (Å²) in [5.74, 6) is -0.781. The summed E-state index contributed by atoms with van der Waals surface area (Å²) >= 11 is 0. The highest BCUT2D eigenvalue weighted by Crippen LogP contribution is 2.19. The van der Waals surface area contributed by atoms with Gasteiger partial charge in [-0.15, -0.1) is 0 Å². The third kappa shape index (κ3) is 5.19. The molecule has 1 unspecified atom stereocenters. The van der Waals surface area contributed by atoms with E-state index in [0.717, 1.165) is 6.54 Å². The smallest absolute Gasteiger partial charge is 0.321 e. The molecule has 0 saturated heterocycles. The summed E-state index contributed by atoms with van der Waals surface area (Å²) in [4.78, 5) is 13.0. The van der Waals surface area contributed by atoms with Crippen molar-refractivity contribution in [2.75, 3.05) is 27.2 Å². The van der Waals surface area contributed by atoms with Crippen molar-refractivity contribution in [3.63, 3.8) is 0 Å². The summed E-state index contributed by atoms with van der Waals surface area (Å²) in [6.45, 7) is 7.32. The first-order valence-corrected chi connectivity index (χ1v) is 4.86. The summed E-state index contributed by atoms with van der Waals surface area (Å²) < 4.78 is 0. The molecule has 4 nitrogen and oxygen atoms in total. The predicted octanol–water partition coefficient (Wildman–Crippen LogP) is 0.637. The van der Waals surface area contributed by atoms with Crippen LogP contribution in [0.5, 0.6) is 0 Å². The van der Waals surface area contributed by atoms with Gasteiger partial charge in [-0.05, 0) is 19.5 Å². The van der Waals surface area contributed by atoms with Crippen LogP contribution in [0.1, 0.15) is 20.8 Å². The first kappa shape index (κ1) is 13.4. The Morgan fingerprint density at radius 1 is 1.43 bits per heavy atom. The summed E-state index contributed by atoms with van der Waals surface area (Å²) in [5.41, 5.74) is -0.252. The highest BCUT2D eigenvalue weighted by atomic mass is 16.4. The Morgan fingerprint density at radius 3 is 2.21 bits per heavy atom. The number of carbonyl (C=O) groups is 1. The lowest BCUT2D eigenvalue weighted by Crippen LogP contribution is -2.48. The van der Waals surface area contributed by atoms with E-state index in [2.05, 4.69) is 5.32 Å². The van der Waals surface area contributed by atoms with E-state index in [0.29, 0.717) is 6.54 Å². The molecule has 0 aromatic carbocycles. The Morgan fingerprint density at radius 2 is 1.93 bits per heavy atom. The van der Waals surface area contributed by atoms with E-state index in [4.69, 9.17) is 5.11 Å². The molecule has 0 aliphatic carbocycles. The summed E-state index contributed by atoms with van der Waals surface area (Å²) in [6.07, 6.45) is 0. The molecular weight excluding hydrogens is 180 g/mol. The van der Waals surface area contributed by atoms with Gasteiger partial charge in [0.15, 0.2) is 0 Å². The number of hydrogen-bond acceptors (Lipinski definition) is 3. The van der Waals surface area contributed by atoms with Gasteiger partial charge in [-0.25, -0.2) is 0 Å². The fourth-order valence-electron chi connectivity index (χ4n) is 1.20. The van der Waals surface area contributed by atoms with E-state index >= 15 is 0 Å². The molecule has 0 amide bonds. The average Bonchev–Trinajstić information content (AvgIpc) is 1.94. The second kappa shape index (κ2) is 5.32. The van der Waals surface area contributed by atoms with Crippen LogP contribution in [0.2, 0.25) is 0 Å². The minimum atomic E-state index is -0.781. The van der Waals surface area contributed by atoms with E-state index in [1.807, 2.05) is 39.8 Å². The van der Waals surface area contributed by atoms with Crippen molar-refractivity contribution in [1.82, 2.24) is 10.2 Å². The van der Waals surface area contributed by atoms with Crippen LogP contribution in [-0.4, -0.2) is 49.2 Å². The third-order valence-corrected chi connectivity index (χ3v) is 2.02. The molecule has 0 aromatic heterocycles. The van der Waals surface area contributed by atoms with Crippen LogP contribution in [0.25, 0.3) is 0 Å². The van der Waals surface area contributed by atoms with Crippen LogP contribution in [0.4, 0.5) is 0 Å². The fraction of sp³-hybridized carbons (Fsp3) is 0.900. The Balaban J connectivity index is 4.07. The molecule has 0 bridgehead atoms. The fourth-order valence-corrected chi connectivity index (χ4v) is 1.20. The molecule has 0 aromatic rings. The largest absolute Gasteiger partial charge is 0.480 e. The van der Waals surface area contributed by atoms with Gasteiger partial charge in [-0.2, -0.15) is 0 Å². The number of nitrogens with zero attached hydrogens (tertiary/aromatic N) is 1. The number of nitrogens with one attached hydrogen (secondary N) is 1. The minimum absolute atomic E-state index is 0.252. The standard InChI is InChI=1S/C10H22N2O2/c1-10(2,3)8(9(13)14)11-6-7-12(4)5/h8,11H,6-7H2,1-5H3,(H,13,14). The van der Waals surface area contributed by atoms with E-state index in [1.54, 1.807) is 0 Å². The highest BCUT2D eigenvalue weighted by molar-refractivity contribution is 5.74. The molecule has 0 aliphatic rings. The van der Waals surface area contributed by atoms with Crippen molar-refractivity contribution in [3.05, 3.63) is 0 Å². The topological polar surface area (TPSA) is 52.6 Å². The van der Waals surface area contributed by atoms with E-state index in [9.17, 15) is 4.79 Å². The van der Waals surface area contributed by atoms with Crippen molar-refractivity contribution in [2.45, 2.75) is 26.8 Å². The van der Waals surface area contributed by atoms with Crippen LogP contribution in [0.3, 0.4) is 0 Å². The average molecular weight is 202 g/mol. The Hall–Kier alpha value is -0.610. The lowest BCUT2D eigenvalue weighted by molar-refractivity contribution is -0.142. The van der Waals surface area contributed by atoms with Gasteiger partial charge in [-0.3, -0.25) is 4.79 Å². The molecule has 0 saturated carbocycles. The summed E-state index contributed by atoms with van der Waals surface area (Å²) in [7, 11) is 3.93. The molecule has 14 heavy (non-hydrogen) atoms. The van der Waals surface area contributed by atoms with Gasteiger partial charge in [-0.1, -0.05) is 20.8 Å². The van der Waals surface area contributed by atoms with Crippen molar-refractivity contribution in [2.24, 2.45) is 5.41 Å². The van der Waals surface area contributed by atoms with Gasteiger partial charge in [0.2, 0.25) is 0 Å². The number of likely N-dealkylation sites (N-methyl/N-ethyl adjacent to an activating group) is 1. The van der Waals surface area contributed by atoms with Gasteiger partial charge >= 0.3 is 5.97 Å². The van der Waals surface area contributed by atoms with Crippen LogP contribution in [0, 0.1) is 5.41 Å². The second-order valence-electron chi connectivity index (χ2n) is 4.89. The molecule has 0 fully saturated rings. The monoisotopic (exact) mass is 202 g/mol. The minimum Gasteiger partial charge on any atom is -0.480 e. The molecular formula is C10H22N2O2. The summed E-state index contributed by atoms with van der Waals surface area (Å²) in [6, 6.07) is -0.484. The van der Waals surface area contributed by atoms with Gasteiger partial charge < -0.3 is 15.3 Å². The van der Waals surface area contributed by atoms with Gasteiger partial charge in [0.05, 0.1) is 0 Å². The molecule has 0 heterocycles. The Bertz CT molecular complexity index is 185. The molecule has 0 spiro atoms. The van der Waals surface area contributed by atoms with Gasteiger partial charge in [0, 0.05) is 13.1 Å². The van der Waals surface area contributed by atoms with Crippen LogP contribution >= 0.6 is 0 Å². The van der Waals surface area contributed by atoms with Crippen LogP contribution in [-0.2, 0) is 4.79 Å². The van der Waals surface area contributed by atoms with Crippen molar-refractivity contribution in [1.29, 1.82) is 0 Å². The first-order valence-electron chi connectivity index (χ1n) is 4.86. The Kier molecular flexibility index (Phi) is 5.08. The Labute approximate surface area is 86.3 Å². The number of rotatable bonds is 5. The van der Waals surface area contributed by atoms with E-state index in [1.165, 1.54) is 0 Å². The van der Waals surface area contributed by atoms with E-state index < -0.39 is 12.0 Å². The number of hydrogen-bond donors (Lipinski definition) is 2. The molecule has 4 heteroatoms. The highest BCUT2D eigenvalue weighted by Gasteiger charge is 2.30. The third-order valence-electron chi connectivity index (χ3n) is 2.02. The number of carboxylic acids is 1. The zero-order chi connectivity index (χ0) is 11.4. The van der Waals surface area contributed by atoms with E-state index in [-0.39, 0.29) is 5.41 Å². The maximum atomic E-state index is 10.9. The second-order valence-corrected chi connectivity index (χ2v) is 4.89.